The molecular weight excluding hydrogens is 436 g/mol. The third-order valence-electron chi connectivity index (χ3n) is 7.16. The van der Waals surface area contributed by atoms with Crippen molar-refractivity contribution in [3.8, 4) is 11.5 Å². The number of phenols is 1. The molecule has 1 saturated heterocycles. The molecule has 0 radical (unpaired) electrons. The van der Waals surface area contributed by atoms with Crippen molar-refractivity contribution in [2.75, 3.05) is 6.61 Å². The zero-order valence-electron chi connectivity index (χ0n) is 21.2. The van der Waals surface area contributed by atoms with Crippen LogP contribution in [0, 0.1) is 12.8 Å². The Morgan fingerprint density at radius 1 is 1.24 bits per heavy atom. The van der Waals surface area contributed by atoms with Crippen LogP contribution in [0.3, 0.4) is 0 Å². The molecule has 7 atom stereocenters. The lowest BCUT2D eigenvalue weighted by Gasteiger charge is -2.38. The Labute approximate surface area is 202 Å². The fourth-order valence-corrected chi connectivity index (χ4v) is 5.26. The van der Waals surface area contributed by atoms with E-state index in [4.69, 9.17) is 14.2 Å². The molecule has 2 aliphatic rings. The van der Waals surface area contributed by atoms with Crippen LogP contribution in [0.1, 0.15) is 88.8 Å². The van der Waals surface area contributed by atoms with Gasteiger partial charge in [0.1, 0.15) is 12.2 Å². The van der Waals surface area contributed by atoms with E-state index < -0.39 is 30.6 Å². The third kappa shape index (κ3) is 5.75. The monoisotopic (exact) mass is 476 g/mol. The Kier molecular flexibility index (Phi) is 8.66. The molecule has 7 nitrogen and oxygen atoms in total. The van der Waals surface area contributed by atoms with Gasteiger partial charge in [-0.15, -0.1) is 0 Å². The second kappa shape index (κ2) is 11.1. The van der Waals surface area contributed by atoms with Crippen LogP contribution in [0.2, 0.25) is 0 Å². The fraction of sp³-hybridized carbons (Fsp3) is 0.667. The Balaban J connectivity index is 1.83. The summed E-state index contributed by atoms with van der Waals surface area (Å²) in [5.41, 5.74) is 4.15. The minimum absolute atomic E-state index is 0.0797. The van der Waals surface area contributed by atoms with E-state index in [-0.39, 0.29) is 24.0 Å². The van der Waals surface area contributed by atoms with Gasteiger partial charge >= 0.3 is 5.97 Å². The molecule has 1 aromatic rings. The Bertz CT molecular complexity index is 905. The van der Waals surface area contributed by atoms with E-state index in [1.807, 2.05) is 6.92 Å². The van der Waals surface area contributed by atoms with Crippen molar-refractivity contribution in [1.29, 1.82) is 0 Å². The molecule has 0 bridgehead atoms. The highest BCUT2D eigenvalue weighted by molar-refractivity contribution is 5.66. The van der Waals surface area contributed by atoms with E-state index in [0.717, 1.165) is 36.8 Å². The number of benzene rings is 1. The first-order chi connectivity index (χ1) is 16.0. The number of allylic oxidation sites excluding steroid dienone is 2. The van der Waals surface area contributed by atoms with E-state index in [2.05, 4.69) is 39.8 Å². The Morgan fingerprint density at radius 2 is 1.94 bits per heavy atom. The van der Waals surface area contributed by atoms with Crippen LogP contribution in [0.15, 0.2) is 17.7 Å². The maximum Gasteiger partial charge on any atom is 0.303 e. The predicted molar refractivity (Wildman–Crippen MR) is 129 cm³/mol. The third-order valence-corrected chi connectivity index (χ3v) is 7.16. The first kappa shape index (κ1) is 26.5. The van der Waals surface area contributed by atoms with E-state index in [1.54, 1.807) is 0 Å². The van der Waals surface area contributed by atoms with Crippen LogP contribution in [-0.2, 0) is 14.3 Å². The molecule has 0 amide bonds. The fourth-order valence-electron chi connectivity index (χ4n) is 5.26. The van der Waals surface area contributed by atoms with Gasteiger partial charge in [0.2, 0.25) is 6.29 Å². The highest BCUT2D eigenvalue weighted by Crippen LogP contribution is 2.51. The number of ether oxygens (including phenoxy) is 3. The first-order valence-electron chi connectivity index (χ1n) is 12.3. The second-order valence-electron chi connectivity index (χ2n) is 10.2. The van der Waals surface area contributed by atoms with Gasteiger partial charge in [-0.3, -0.25) is 4.79 Å². The van der Waals surface area contributed by atoms with E-state index >= 15 is 0 Å². The Morgan fingerprint density at radius 3 is 2.59 bits per heavy atom. The smallest absolute Gasteiger partial charge is 0.303 e. The molecule has 34 heavy (non-hydrogen) atoms. The highest BCUT2D eigenvalue weighted by atomic mass is 16.7. The molecule has 1 fully saturated rings. The second-order valence-corrected chi connectivity index (χ2v) is 10.2. The lowest BCUT2D eigenvalue weighted by atomic mass is 9.70. The summed E-state index contributed by atoms with van der Waals surface area (Å²) in [6, 6.07) is 2.09. The summed E-state index contributed by atoms with van der Waals surface area (Å²) < 4.78 is 16.5. The summed E-state index contributed by atoms with van der Waals surface area (Å²) in [6.07, 6.45) is 1.51. The van der Waals surface area contributed by atoms with Crippen molar-refractivity contribution in [1.82, 2.24) is 0 Å². The maximum atomic E-state index is 11.3. The van der Waals surface area contributed by atoms with Crippen molar-refractivity contribution in [3.63, 3.8) is 0 Å². The number of aliphatic hydroxyl groups is 2. The Hall–Kier alpha value is -2.09. The van der Waals surface area contributed by atoms with Gasteiger partial charge in [0.25, 0.3) is 0 Å². The van der Waals surface area contributed by atoms with Gasteiger partial charge in [0.05, 0.1) is 6.61 Å². The minimum atomic E-state index is -1.44. The normalized spacial score (nSPS) is 29.6. The summed E-state index contributed by atoms with van der Waals surface area (Å²) in [5.74, 6) is 0.778. The number of fused-ring (bicyclic) bond motifs is 1. The summed E-state index contributed by atoms with van der Waals surface area (Å²) in [6.45, 7) is 11.6. The maximum absolute atomic E-state index is 11.3. The lowest BCUT2D eigenvalue weighted by Crippen LogP contribution is -2.56. The summed E-state index contributed by atoms with van der Waals surface area (Å²) in [5, 5.41) is 32.2. The number of phenolic OH excluding ortho intramolecular Hbond substituents is 1. The minimum Gasteiger partial charge on any atom is -0.504 e. The average Bonchev–Trinajstić information content (AvgIpc) is 2.75. The summed E-state index contributed by atoms with van der Waals surface area (Å²) in [4.78, 5) is 11.2. The number of aryl methyl sites for hydroxylation is 1. The summed E-state index contributed by atoms with van der Waals surface area (Å²) >= 11 is 0. The van der Waals surface area contributed by atoms with E-state index in [1.165, 1.54) is 18.1 Å². The molecule has 7 unspecified atom stereocenters. The number of esters is 1. The van der Waals surface area contributed by atoms with E-state index in [9.17, 15) is 20.1 Å². The van der Waals surface area contributed by atoms with Crippen LogP contribution in [0.4, 0.5) is 0 Å². The molecule has 3 N–H and O–H groups in total. The van der Waals surface area contributed by atoms with Gasteiger partial charge in [0, 0.05) is 12.5 Å². The molecule has 1 aromatic carbocycles. The molecule has 0 saturated carbocycles. The topological polar surface area (TPSA) is 105 Å². The van der Waals surface area contributed by atoms with Crippen LogP contribution in [0.5, 0.6) is 11.5 Å². The molecule has 3 rings (SSSR count). The van der Waals surface area contributed by atoms with E-state index in [0.29, 0.717) is 11.8 Å². The highest BCUT2D eigenvalue weighted by Gasteiger charge is 2.42. The van der Waals surface area contributed by atoms with Crippen molar-refractivity contribution < 1.29 is 34.3 Å². The molecule has 0 spiro atoms. The molecule has 190 valence electrons. The van der Waals surface area contributed by atoms with Crippen LogP contribution in [0.25, 0.3) is 0 Å². The molecule has 1 aliphatic heterocycles. The summed E-state index contributed by atoms with van der Waals surface area (Å²) in [7, 11) is 0. The number of hydrogen-bond acceptors (Lipinski definition) is 7. The van der Waals surface area contributed by atoms with Gasteiger partial charge in [-0.1, -0.05) is 31.6 Å². The van der Waals surface area contributed by atoms with Crippen LogP contribution < -0.4 is 4.74 Å². The largest absolute Gasteiger partial charge is 0.504 e. The zero-order chi connectivity index (χ0) is 25.2. The van der Waals surface area contributed by atoms with Gasteiger partial charge in [0.15, 0.2) is 17.6 Å². The number of carbonyl (C=O) groups excluding carboxylic acids is 1. The van der Waals surface area contributed by atoms with Crippen molar-refractivity contribution >= 4 is 5.97 Å². The van der Waals surface area contributed by atoms with Crippen molar-refractivity contribution in [3.05, 3.63) is 34.4 Å². The van der Waals surface area contributed by atoms with Crippen molar-refractivity contribution in [2.24, 2.45) is 5.92 Å². The van der Waals surface area contributed by atoms with Gasteiger partial charge < -0.3 is 29.5 Å². The molecular formula is C27H40O7. The van der Waals surface area contributed by atoms with Crippen molar-refractivity contribution in [2.45, 2.75) is 104 Å². The number of rotatable bonds is 7. The molecule has 0 aromatic heterocycles. The van der Waals surface area contributed by atoms with Gasteiger partial charge in [-0.25, -0.2) is 0 Å². The number of hydrogen-bond donors (Lipinski definition) is 3. The number of aromatic hydroxyl groups is 1. The van der Waals surface area contributed by atoms with Gasteiger partial charge in [-0.05, 0) is 75.3 Å². The first-order valence-corrected chi connectivity index (χ1v) is 12.3. The predicted octanol–water partition coefficient (Wildman–Crippen LogP) is 4.45. The lowest BCUT2D eigenvalue weighted by molar-refractivity contribution is -0.248. The quantitative estimate of drug-likeness (QED) is 0.394. The number of carbonyl (C=O) groups is 1. The molecule has 1 heterocycles. The molecule has 1 aliphatic carbocycles. The van der Waals surface area contributed by atoms with Crippen LogP contribution in [-0.4, -0.2) is 52.5 Å². The standard InChI is InChI=1S/C27H40O7/c1-14(2)8-7-9-15(3)19-11-10-16(4)22-20(19)12-17(5)26(24(22)30)34-27-25(31)23(29)21(13-32-27)33-18(6)28/h8,12,15-16,19,21,23,25,27,29-31H,7,9-11,13H2,1-6H3. The van der Waals surface area contributed by atoms with Gasteiger partial charge in [-0.2, -0.15) is 0 Å². The van der Waals surface area contributed by atoms with Crippen LogP contribution >= 0.6 is 0 Å². The average molecular weight is 477 g/mol. The number of aliphatic hydroxyl groups excluding tert-OH is 2. The zero-order valence-corrected chi connectivity index (χ0v) is 21.2. The molecule has 7 heteroatoms. The SMILES string of the molecule is CC(=O)OC1COC(Oc2c(C)cc3c(c2O)C(C)CCC3C(C)CCC=C(C)C)C(O)C1O.